The highest BCUT2D eigenvalue weighted by Gasteiger charge is 2.26. The minimum Gasteiger partial charge on any atom is -0.339 e. The lowest BCUT2D eigenvalue weighted by Gasteiger charge is -2.05. The van der Waals surface area contributed by atoms with Crippen LogP contribution in [0.2, 0.25) is 0 Å². The van der Waals surface area contributed by atoms with Gasteiger partial charge in [0.15, 0.2) is 5.82 Å². The molecule has 19 heavy (non-hydrogen) atoms. The van der Waals surface area contributed by atoms with E-state index in [1.165, 1.54) is 12.1 Å². The van der Waals surface area contributed by atoms with Crippen LogP contribution in [0.3, 0.4) is 0 Å². The van der Waals surface area contributed by atoms with E-state index in [1.807, 2.05) is 0 Å². The maximum Gasteiger partial charge on any atom is 0.341 e. The second kappa shape index (κ2) is 4.96. The Morgan fingerprint density at radius 2 is 1.84 bits per heavy atom. The zero-order valence-corrected chi connectivity index (χ0v) is 10.7. The van der Waals surface area contributed by atoms with E-state index in [0.717, 1.165) is 12.1 Å². The van der Waals surface area contributed by atoms with Crippen molar-refractivity contribution in [1.82, 2.24) is 9.78 Å². The molecule has 5 nitrogen and oxygen atoms in total. The Balaban J connectivity index is 2.19. The number of anilines is 2. The first kappa shape index (κ1) is 13.5. The Labute approximate surface area is 108 Å². The van der Waals surface area contributed by atoms with E-state index in [-0.39, 0.29) is 0 Å². The third-order valence-electron chi connectivity index (χ3n) is 2.40. The molecule has 0 spiro atoms. The summed E-state index contributed by atoms with van der Waals surface area (Å²) < 4.78 is 48.7. The van der Waals surface area contributed by atoms with Crippen LogP contribution in [0.4, 0.5) is 20.3 Å². The number of sulfone groups is 1. The van der Waals surface area contributed by atoms with Gasteiger partial charge in [0, 0.05) is 25.0 Å². The average Bonchev–Trinajstić information content (AvgIpc) is 2.75. The first-order chi connectivity index (χ1) is 8.89. The molecule has 1 N–H and O–H groups in total. The number of halogens is 2. The molecule has 0 bridgehead atoms. The summed E-state index contributed by atoms with van der Waals surface area (Å²) in [7, 11) is -2.79. The molecule has 1 aromatic heterocycles. The van der Waals surface area contributed by atoms with Crippen molar-refractivity contribution < 1.29 is 17.2 Å². The van der Waals surface area contributed by atoms with Gasteiger partial charge in [-0.3, -0.25) is 4.68 Å². The summed E-state index contributed by atoms with van der Waals surface area (Å²) in [6.45, 7) is 0. The lowest BCUT2D eigenvalue weighted by atomic mass is 10.3. The van der Waals surface area contributed by atoms with Crippen molar-refractivity contribution in [2.24, 2.45) is 7.05 Å². The monoisotopic (exact) mass is 287 g/mol. The highest BCUT2D eigenvalue weighted by atomic mass is 32.2. The van der Waals surface area contributed by atoms with Crippen molar-refractivity contribution in [3.8, 4) is 0 Å². The van der Waals surface area contributed by atoms with Gasteiger partial charge in [-0.2, -0.15) is 13.9 Å². The van der Waals surface area contributed by atoms with Crippen LogP contribution in [0.5, 0.6) is 0 Å². The number of aromatic nitrogens is 2. The number of benzene rings is 1. The highest BCUT2D eigenvalue weighted by molar-refractivity contribution is 7.91. The van der Waals surface area contributed by atoms with Gasteiger partial charge >= 0.3 is 5.76 Å². The number of nitrogens with zero attached hydrogens (tertiary/aromatic N) is 2. The summed E-state index contributed by atoms with van der Waals surface area (Å²) in [4.78, 5) is -0.408. The van der Waals surface area contributed by atoms with Gasteiger partial charge in [0.25, 0.3) is 0 Å². The van der Waals surface area contributed by atoms with Crippen LogP contribution < -0.4 is 5.32 Å². The summed E-state index contributed by atoms with van der Waals surface area (Å²) in [5.74, 6) is -2.84. The van der Waals surface area contributed by atoms with Crippen LogP contribution in [0.25, 0.3) is 0 Å². The van der Waals surface area contributed by atoms with Crippen molar-refractivity contribution in [2.45, 2.75) is 10.7 Å². The van der Waals surface area contributed by atoms with Crippen LogP contribution in [0, 0.1) is 0 Å². The average molecular weight is 287 g/mol. The minimum atomic E-state index is -4.54. The third kappa shape index (κ3) is 2.90. The number of nitrogens with one attached hydrogen (secondary N) is 1. The van der Waals surface area contributed by atoms with Gasteiger partial charge in [-0.25, -0.2) is 8.42 Å². The fourth-order valence-electron chi connectivity index (χ4n) is 1.46. The van der Waals surface area contributed by atoms with Gasteiger partial charge in [0.05, 0.1) is 4.90 Å². The van der Waals surface area contributed by atoms with Crippen molar-refractivity contribution in [1.29, 1.82) is 0 Å². The van der Waals surface area contributed by atoms with Gasteiger partial charge in [-0.1, -0.05) is 0 Å². The van der Waals surface area contributed by atoms with Gasteiger partial charge in [-0.05, 0) is 24.3 Å². The lowest BCUT2D eigenvalue weighted by molar-refractivity contribution is 0.234. The molecule has 0 unspecified atom stereocenters. The molecule has 0 fully saturated rings. The van der Waals surface area contributed by atoms with E-state index >= 15 is 0 Å². The summed E-state index contributed by atoms with van der Waals surface area (Å²) >= 11 is 0. The Bertz CT molecular complexity index is 666. The predicted octanol–water partition coefficient (Wildman–Crippen LogP) is 2.16. The second-order valence-corrected chi connectivity index (χ2v) is 5.75. The Morgan fingerprint density at radius 1 is 1.21 bits per heavy atom. The molecule has 0 aliphatic carbocycles. The molecule has 0 radical (unpaired) electrons. The van der Waals surface area contributed by atoms with E-state index in [2.05, 4.69) is 10.4 Å². The maximum absolute atomic E-state index is 12.3. The molecule has 2 aromatic rings. The van der Waals surface area contributed by atoms with E-state index in [4.69, 9.17) is 0 Å². The quantitative estimate of drug-likeness (QED) is 0.936. The fourth-order valence-corrected chi connectivity index (χ4v) is 2.18. The normalized spacial score (nSPS) is 11.8. The standard InChI is InChI=1S/C11H11F2N3O2S/c1-16-7-6-10(15-16)14-8-2-4-9(5-3-8)19(17,18)11(12)13/h2-7,11H,1H3,(H,14,15). The maximum atomic E-state index is 12.3. The molecular weight excluding hydrogens is 276 g/mol. The van der Waals surface area contributed by atoms with Gasteiger partial charge in [0.2, 0.25) is 9.84 Å². The lowest BCUT2D eigenvalue weighted by Crippen LogP contribution is -2.11. The van der Waals surface area contributed by atoms with E-state index < -0.39 is 20.5 Å². The van der Waals surface area contributed by atoms with Crippen LogP contribution in [0.1, 0.15) is 0 Å². The van der Waals surface area contributed by atoms with Gasteiger partial charge < -0.3 is 5.32 Å². The molecule has 0 aliphatic rings. The molecule has 0 aliphatic heterocycles. The summed E-state index contributed by atoms with van der Waals surface area (Å²) in [5, 5.41) is 6.99. The zero-order valence-electron chi connectivity index (χ0n) is 9.92. The number of hydrogen-bond acceptors (Lipinski definition) is 4. The third-order valence-corrected chi connectivity index (χ3v) is 3.80. The number of hydrogen-bond donors (Lipinski definition) is 1. The molecule has 2 rings (SSSR count). The van der Waals surface area contributed by atoms with E-state index in [1.54, 1.807) is 24.0 Å². The van der Waals surface area contributed by atoms with Crippen LogP contribution >= 0.6 is 0 Å². The minimum absolute atomic E-state index is 0.408. The number of rotatable bonds is 4. The molecule has 0 amide bonds. The highest BCUT2D eigenvalue weighted by Crippen LogP contribution is 2.21. The molecule has 102 valence electrons. The van der Waals surface area contributed by atoms with E-state index in [9.17, 15) is 17.2 Å². The Kier molecular flexibility index (Phi) is 3.52. The summed E-state index contributed by atoms with van der Waals surface area (Å²) in [5.41, 5.74) is 0.562. The Morgan fingerprint density at radius 3 is 2.32 bits per heavy atom. The molecule has 0 saturated heterocycles. The number of aryl methyl sites for hydroxylation is 1. The molecule has 8 heteroatoms. The van der Waals surface area contributed by atoms with Crippen LogP contribution in [-0.2, 0) is 16.9 Å². The first-order valence-corrected chi connectivity index (χ1v) is 6.83. The molecule has 0 saturated carbocycles. The Hall–Kier alpha value is -1.96. The first-order valence-electron chi connectivity index (χ1n) is 5.28. The predicted molar refractivity (Wildman–Crippen MR) is 66.1 cm³/mol. The smallest absolute Gasteiger partial charge is 0.339 e. The second-order valence-electron chi connectivity index (χ2n) is 3.83. The summed E-state index contributed by atoms with van der Waals surface area (Å²) in [6, 6.07) is 6.80. The van der Waals surface area contributed by atoms with Crippen molar-refractivity contribution >= 4 is 21.3 Å². The van der Waals surface area contributed by atoms with Crippen molar-refractivity contribution in [2.75, 3.05) is 5.32 Å². The van der Waals surface area contributed by atoms with Crippen LogP contribution in [0.15, 0.2) is 41.4 Å². The summed E-state index contributed by atoms with van der Waals surface area (Å²) in [6.07, 6.45) is 1.73. The fraction of sp³-hybridized carbons (Fsp3) is 0.182. The number of alkyl halides is 2. The zero-order chi connectivity index (χ0) is 14.0. The van der Waals surface area contributed by atoms with Crippen molar-refractivity contribution in [3.05, 3.63) is 36.5 Å². The molecular formula is C11H11F2N3O2S. The molecule has 0 atom stereocenters. The largest absolute Gasteiger partial charge is 0.341 e. The van der Waals surface area contributed by atoms with Gasteiger partial charge in [-0.15, -0.1) is 0 Å². The van der Waals surface area contributed by atoms with E-state index in [0.29, 0.717) is 11.5 Å². The topological polar surface area (TPSA) is 64.0 Å². The molecule has 1 heterocycles. The van der Waals surface area contributed by atoms with Gasteiger partial charge in [0.1, 0.15) is 0 Å². The molecule has 1 aromatic carbocycles. The van der Waals surface area contributed by atoms with Crippen molar-refractivity contribution in [3.63, 3.8) is 0 Å². The SMILES string of the molecule is Cn1ccc(Nc2ccc(S(=O)(=O)C(F)F)cc2)n1. The van der Waals surface area contributed by atoms with Crippen LogP contribution in [-0.4, -0.2) is 24.0 Å².